The molecular weight excluding hydrogens is 227 g/mol. The highest BCUT2D eigenvalue weighted by Gasteiger charge is 2.28. The lowest BCUT2D eigenvalue weighted by molar-refractivity contribution is -0.127. The first-order valence-electron chi connectivity index (χ1n) is 5.78. The molecule has 2 rings (SSSR count). The summed E-state index contributed by atoms with van der Waals surface area (Å²) in [6.45, 7) is 2.13. The molecule has 1 aliphatic rings. The van der Waals surface area contributed by atoms with E-state index in [1.807, 2.05) is 13.1 Å². The van der Waals surface area contributed by atoms with Crippen LogP contribution in [0.15, 0.2) is 18.2 Å². The van der Waals surface area contributed by atoms with Crippen molar-refractivity contribution in [3.8, 4) is 0 Å². The molecule has 0 aliphatic carbocycles. The van der Waals surface area contributed by atoms with E-state index in [0.717, 1.165) is 24.1 Å². The summed E-state index contributed by atoms with van der Waals surface area (Å²) in [5.74, 6) is 0. The lowest BCUT2D eigenvalue weighted by Gasteiger charge is -2.34. The van der Waals surface area contributed by atoms with Crippen molar-refractivity contribution >= 4 is 5.69 Å². The van der Waals surface area contributed by atoms with Crippen molar-refractivity contribution in [3.05, 3.63) is 29.3 Å². The summed E-state index contributed by atoms with van der Waals surface area (Å²) >= 11 is 0. The summed E-state index contributed by atoms with van der Waals surface area (Å²) in [6, 6.07) is 5.55. The molecule has 0 fully saturated rings. The van der Waals surface area contributed by atoms with E-state index in [4.69, 9.17) is 0 Å². The van der Waals surface area contributed by atoms with E-state index >= 15 is 0 Å². The molecule has 0 spiro atoms. The minimum Gasteiger partial charge on any atom is -0.372 e. The summed E-state index contributed by atoms with van der Waals surface area (Å²) in [6.07, 6.45) is -3.09. The van der Waals surface area contributed by atoms with E-state index in [-0.39, 0.29) is 0 Å². The molecule has 94 valence electrons. The molecule has 0 N–H and O–H groups in total. The highest BCUT2D eigenvalue weighted by molar-refractivity contribution is 5.57. The molecule has 0 amide bonds. The molecule has 4 heteroatoms. The number of hydrogen-bond acceptors (Lipinski definition) is 1. The lowest BCUT2D eigenvalue weighted by atomic mass is 9.95. The maximum absolute atomic E-state index is 12.3. The van der Waals surface area contributed by atoms with Crippen molar-refractivity contribution in [1.82, 2.24) is 0 Å². The van der Waals surface area contributed by atoms with Crippen LogP contribution >= 0.6 is 0 Å². The van der Waals surface area contributed by atoms with Gasteiger partial charge in [0, 0.05) is 18.8 Å². The third-order valence-corrected chi connectivity index (χ3v) is 3.42. The van der Waals surface area contributed by atoms with Crippen molar-refractivity contribution in [2.24, 2.45) is 0 Å². The van der Waals surface area contributed by atoms with E-state index in [0.29, 0.717) is 11.6 Å². The first-order valence-corrected chi connectivity index (χ1v) is 5.78. The molecule has 0 saturated heterocycles. The predicted octanol–water partition coefficient (Wildman–Crippen LogP) is 3.56. The number of benzene rings is 1. The highest BCUT2D eigenvalue weighted by Crippen LogP contribution is 2.31. The van der Waals surface area contributed by atoms with Crippen molar-refractivity contribution in [2.75, 3.05) is 11.9 Å². The van der Waals surface area contributed by atoms with Crippen molar-refractivity contribution < 1.29 is 13.2 Å². The summed E-state index contributed by atoms with van der Waals surface area (Å²) < 4.78 is 36.9. The highest BCUT2D eigenvalue weighted by atomic mass is 19.4. The molecule has 0 unspecified atom stereocenters. The minimum absolute atomic E-state index is 0.360. The van der Waals surface area contributed by atoms with Crippen LogP contribution in [0.1, 0.15) is 24.5 Å². The largest absolute Gasteiger partial charge is 0.393 e. The van der Waals surface area contributed by atoms with Gasteiger partial charge in [0.15, 0.2) is 0 Å². The standard InChI is InChI=1S/C13H16F3N/c1-9-3-5-11-7-10(8-13(14,15)16)4-6-12(11)17(9)2/h4,6-7,9H,3,5,8H2,1-2H3/t9-/m0/s1. The number of halogens is 3. The second-order valence-corrected chi connectivity index (χ2v) is 4.75. The van der Waals surface area contributed by atoms with Gasteiger partial charge in [-0.2, -0.15) is 13.2 Å². The van der Waals surface area contributed by atoms with Crippen molar-refractivity contribution in [3.63, 3.8) is 0 Å². The van der Waals surface area contributed by atoms with Crippen LogP contribution in [0.2, 0.25) is 0 Å². The molecule has 1 aliphatic heterocycles. The van der Waals surface area contributed by atoms with Crippen LogP contribution in [0.25, 0.3) is 0 Å². The third kappa shape index (κ3) is 2.73. The molecule has 17 heavy (non-hydrogen) atoms. The number of alkyl halides is 3. The predicted molar refractivity (Wildman–Crippen MR) is 62.4 cm³/mol. The molecule has 0 bridgehead atoms. The van der Waals surface area contributed by atoms with E-state index in [9.17, 15) is 13.2 Å². The van der Waals surface area contributed by atoms with Gasteiger partial charge < -0.3 is 4.90 Å². The average Bonchev–Trinajstić information content (AvgIpc) is 2.21. The van der Waals surface area contributed by atoms with E-state index in [1.54, 1.807) is 12.1 Å². The number of anilines is 1. The maximum atomic E-state index is 12.3. The summed E-state index contributed by atoms with van der Waals surface area (Å²) in [4.78, 5) is 2.14. The van der Waals surface area contributed by atoms with Gasteiger partial charge in [0.2, 0.25) is 0 Å². The maximum Gasteiger partial charge on any atom is 0.393 e. The fraction of sp³-hybridized carbons (Fsp3) is 0.538. The van der Waals surface area contributed by atoms with Crippen LogP contribution in [-0.4, -0.2) is 19.3 Å². The van der Waals surface area contributed by atoms with Crippen LogP contribution in [0.3, 0.4) is 0 Å². The molecule has 1 aromatic carbocycles. The van der Waals surface area contributed by atoms with Crippen LogP contribution in [0.4, 0.5) is 18.9 Å². The zero-order valence-corrected chi connectivity index (χ0v) is 10.0. The first-order chi connectivity index (χ1) is 7.87. The Kier molecular flexibility index (Phi) is 3.06. The second kappa shape index (κ2) is 4.24. The van der Waals surface area contributed by atoms with E-state index < -0.39 is 12.6 Å². The van der Waals surface area contributed by atoms with Crippen LogP contribution in [-0.2, 0) is 12.8 Å². The molecule has 0 aromatic heterocycles. The molecule has 1 atom stereocenters. The van der Waals surface area contributed by atoms with Crippen LogP contribution in [0, 0.1) is 0 Å². The number of fused-ring (bicyclic) bond motifs is 1. The fourth-order valence-corrected chi connectivity index (χ4v) is 2.32. The monoisotopic (exact) mass is 243 g/mol. The van der Waals surface area contributed by atoms with Crippen molar-refractivity contribution in [2.45, 2.75) is 38.4 Å². The van der Waals surface area contributed by atoms with Gasteiger partial charge in [-0.3, -0.25) is 0 Å². The molecular formula is C13H16F3N. The zero-order chi connectivity index (χ0) is 12.6. The number of rotatable bonds is 1. The number of hydrogen-bond donors (Lipinski definition) is 0. The summed E-state index contributed by atoms with van der Waals surface area (Å²) in [5.41, 5.74) is 2.46. The molecule has 0 saturated carbocycles. The van der Waals surface area contributed by atoms with Gasteiger partial charge in [0.1, 0.15) is 0 Å². The topological polar surface area (TPSA) is 3.24 Å². The van der Waals surface area contributed by atoms with Gasteiger partial charge in [0.25, 0.3) is 0 Å². The van der Waals surface area contributed by atoms with Crippen molar-refractivity contribution in [1.29, 1.82) is 0 Å². The van der Waals surface area contributed by atoms with Gasteiger partial charge >= 0.3 is 6.18 Å². The average molecular weight is 243 g/mol. The quantitative estimate of drug-likeness (QED) is 0.729. The molecule has 1 nitrogen and oxygen atoms in total. The summed E-state index contributed by atoms with van der Waals surface area (Å²) in [7, 11) is 1.99. The summed E-state index contributed by atoms with van der Waals surface area (Å²) in [5, 5.41) is 0. The van der Waals surface area contributed by atoms with Crippen LogP contribution in [0.5, 0.6) is 0 Å². The van der Waals surface area contributed by atoms with E-state index in [2.05, 4.69) is 11.8 Å². The fourth-order valence-electron chi connectivity index (χ4n) is 2.32. The van der Waals surface area contributed by atoms with Gasteiger partial charge in [-0.25, -0.2) is 0 Å². The van der Waals surface area contributed by atoms with E-state index in [1.165, 1.54) is 0 Å². The second-order valence-electron chi connectivity index (χ2n) is 4.75. The third-order valence-electron chi connectivity index (χ3n) is 3.42. The molecule has 1 aromatic rings. The Bertz CT molecular complexity index is 412. The first kappa shape index (κ1) is 12.3. The smallest absolute Gasteiger partial charge is 0.372 e. The Labute approximate surface area is 99.2 Å². The SMILES string of the molecule is C[C@H]1CCc2cc(CC(F)(F)F)ccc2N1C. The van der Waals surface area contributed by atoms with Gasteiger partial charge in [-0.15, -0.1) is 0 Å². The number of nitrogens with zero attached hydrogens (tertiary/aromatic N) is 1. The van der Waals surface area contributed by atoms with Gasteiger partial charge in [-0.1, -0.05) is 12.1 Å². The van der Waals surface area contributed by atoms with Gasteiger partial charge in [0.05, 0.1) is 6.42 Å². The minimum atomic E-state index is -4.12. The lowest BCUT2D eigenvalue weighted by Crippen LogP contribution is -2.33. The van der Waals surface area contributed by atoms with Gasteiger partial charge in [-0.05, 0) is 37.0 Å². The Hall–Kier alpha value is -1.19. The normalized spacial score (nSPS) is 20.3. The van der Waals surface area contributed by atoms with Crippen LogP contribution < -0.4 is 4.90 Å². The molecule has 0 radical (unpaired) electrons. The number of aryl methyl sites for hydroxylation is 1. The Balaban J connectivity index is 2.26. The zero-order valence-electron chi connectivity index (χ0n) is 10.0. The Morgan fingerprint density at radius 1 is 1.35 bits per heavy atom. The Morgan fingerprint density at radius 3 is 2.71 bits per heavy atom. The molecule has 1 heterocycles. The Morgan fingerprint density at radius 2 is 2.06 bits per heavy atom.